The van der Waals surface area contributed by atoms with Gasteiger partial charge in [-0.1, -0.05) is 0 Å². The minimum absolute atomic E-state index is 0.168. The maximum absolute atomic E-state index is 9.19. The topological polar surface area (TPSA) is 57.2 Å². The minimum Gasteiger partial charge on any atom is -0.497 e. The molecule has 5 nitrogen and oxygen atoms in total. The van der Waals surface area contributed by atoms with E-state index in [0.717, 1.165) is 48.5 Å². The zero-order valence-corrected chi connectivity index (χ0v) is 16.0. The Bertz CT molecular complexity index is 690. The van der Waals surface area contributed by atoms with Crippen LogP contribution >= 0.6 is 0 Å². The van der Waals surface area contributed by atoms with Gasteiger partial charge in [0.15, 0.2) is 11.5 Å². The molecule has 5 heteroatoms. The number of hydrogen-bond donors (Lipinski definition) is 1. The van der Waals surface area contributed by atoms with Crippen molar-refractivity contribution >= 4 is 0 Å². The zero-order chi connectivity index (χ0) is 18.9. The van der Waals surface area contributed by atoms with Crippen molar-refractivity contribution in [3.63, 3.8) is 0 Å². The summed E-state index contributed by atoms with van der Waals surface area (Å²) in [7, 11) is 6.58. The van der Waals surface area contributed by atoms with Crippen LogP contribution in [0.1, 0.15) is 23.1 Å². The van der Waals surface area contributed by atoms with Crippen LogP contribution in [0.3, 0.4) is 0 Å². The van der Waals surface area contributed by atoms with E-state index >= 15 is 0 Å². The van der Waals surface area contributed by atoms with E-state index in [1.165, 1.54) is 11.1 Å². The molecule has 0 spiro atoms. The lowest BCUT2D eigenvalue weighted by molar-refractivity contribution is 0.288. The highest BCUT2D eigenvalue weighted by molar-refractivity contribution is 5.48. The Kier molecular flexibility index (Phi) is 7.60. The van der Waals surface area contributed by atoms with Gasteiger partial charge in [-0.3, -0.25) is 0 Å². The van der Waals surface area contributed by atoms with Crippen molar-refractivity contribution in [3.05, 3.63) is 47.0 Å². The smallest absolute Gasteiger partial charge is 0.161 e. The number of aryl methyl sites for hydroxylation is 3. The lowest BCUT2D eigenvalue weighted by Crippen LogP contribution is -2.02. The van der Waals surface area contributed by atoms with Gasteiger partial charge in [0, 0.05) is 12.7 Å². The summed E-state index contributed by atoms with van der Waals surface area (Å²) in [5.74, 6) is 3.00. The van der Waals surface area contributed by atoms with Gasteiger partial charge < -0.3 is 24.1 Å². The first-order chi connectivity index (χ1) is 12.6. The van der Waals surface area contributed by atoms with Gasteiger partial charge in [0.05, 0.1) is 28.4 Å². The van der Waals surface area contributed by atoms with Crippen LogP contribution < -0.4 is 18.9 Å². The Morgan fingerprint density at radius 3 is 1.65 bits per heavy atom. The van der Waals surface area contributed by atoms with E-state index in [9.17, 15) is 5.11 Å². The maximum Gasteiger partial charge on any atom is 0.161 e. The van der Waals surface area contributed by atoms with Crippen molar-refractivity contribution < 1.29 is 24.1 Å². The van der Waals surface area contributed by atoms with Crippen molar-refractivity contribution in [2.75, 3.05) is 35.0 Å². The number of hydrogen-bond acceptors (Lipinski definition) is 5. The summed E-state index contributed by atoms with van der Waals surface area (Å²) >= 11 is 0. The quantitative estimate of drug-likeness (QED) is 0.703. The Morgan fingerprint density at radius 1 is 0.654 bits per heavy atom. The summed E-state index contributed by atoms with van der Waals surface area (Å²) in [5.41, 5.74) is 3.51. The van der Waals surface area contributed by atoms with Crippen molar-refractivity contribution in [1.82, 2.24) is 0 Å². The molecule has 0 atom stereocenters. The van der Waals surface area contributed by atoms with Gasteiger partial charge in [0.2, 0.25) is 0 Å². The largest absolute Gasteiger partial charge is 0.497 e. The minimum atomic E-state index is 0.168. The Balaban J connectivity index is 2.27. The molecule has 1 N–H and O–H groups in total. The van der Waals surface area contributed by atoms with Crippen LogP contribution in [0.2, 0.25) is 0 Å². The molecule has 0 heterocycles. The van der Waals surface area contributed by atoms with Crippen LogP contribution in [0.25, 0.3) is 0 Å². The Labute approximate surface area is 155 Å². The molecule has 2 aromatic rings. The molecular weight excluding hydrogens is 332 g/mol. The van der Waals surface area contributed by atoms with Crippen molar-refractivity contribution in [2.24, 2.45) is 0 Å². The normalized spacial score (nSPS) is 10.5. The SMILES string of the molecule is COc1cc(CCc2cc(OC)c(OC)cc2CCCO)cc(OC)c1. The molecule has 0 unspecified atom stereocenters. The van der Waals surface area contributed by atoms with Gasteiger partial charge in [-0.25, -0.2) is 0 Å². The number of ether oxygens (including phenoxy) is 4. The molecule has 0 amide bonds. The van der Waals surface area contributed by atoms with Crippen molar-refractivity contribution in [3.8, 4) is 23.0 Å². The number of benzene rings is 2. The molecule has 0 radical (unpaired) electrons. The fraction of sp³-hybridized carbons (Fsp3) is 0.429. The van der Waals surface area contributed by atoms with Gasteiger partial charge >= 0.3 is 0 Å². The van der Waals surface area contributed by atoms with Crippen molar-refractivity contribution in [1.29, 1.82) is 0 Å². The molecule has 0 saturated carbocycles. The molecule has 0 fully saturated rings. The first-order valence-corrected chi connectivity index (χ1v) is 8.71. The molecule has 0 bridgehead atoms. The molecule has 0 saturated heterocycles. The van der Waals surface area contributed by atoms with E-state index in [0.29, 0.717) is 5.75 Å². The first kappa shape index (κ1) is 19.9. The molecule has 0 aliphatic rings. The van der Waals surface area contributed by atoms with Crippen LogP contribution in [0.5, 0.6) is 23.0 Å². The second-order valence-corrected chi connectivity index (χ2v) is 6.02. The molecular formula is C21H28O5. The summed E-state index contributed by atoms with van der Waals surface area (Å²) in [6.07, 6.45) is 3.20. The molecule has 0 aliphatic carbocycles. The standard InChI is InChI=1S/C21H28O5/c1-23-18-10-15(11-19(14-18)24-2)7-8-17-13-21(26-4)20(25-3)12-16(17)6-5-9-22/h10-14,22H,5-9H2,1-4H3. The third-order valence-electron chi connectivity index (χ3n) is 4.40. The number of methoxy groups -OCH3 is 4. The summed E-state index contributed by atoms with van der Waals surface area (Å²) in [5, 5.41) is 9.19. The lowest BCUT2D eigenvalue weighted by Gasteiger charge is -2.15. The van der Waals surface area contributed by atoms with Gasteiger partial charge in [0.1, 0.15) is 11.5 Å². The van der Waals surface area contributed by atoms with E-state index in [1.807, 2.05) is 30.3 Å². The average molecular weight is 360 g/mol. The maximum atomic E-state index is 9.19. The summed E-state index contributed by atoms with van der Waals surface area (Å²) < 4.78 is 21.6. The summed E-state index contributed by atoms with van der Waals surface area (Å²) in [6, 6.07) is 9.96. The van der Waals surface area contributed by atoms with Crippen LogP contribution in [0.4, 0.5) is 0 Å². The zero-order valence-electron chi connectivity index (χ0n) is 16.0. The fourth-order valence-electron chi connectivity index (χ4n) is 2.99. The molecule has 142 valence electrons. The molecule has 26 heavy (non-hydrogen) atoms. The van der Waals surface area contributed by atoms with E-state index < -0.39 is 0 Å². The van der Waals surface area contributed by atoms with Crippen LogP contribution in [-0.2, 0) is 19.3 Å². The highest BCUT2D eigenvalue weighted by atomic mass is 16.5. The first-order valence-electron chi connectivity index (χ1n) is 8.71. The Morgan fingerprint density at radius 2 is 1.19 bits per heavy atom. The number of rotatable bonds is 10. The highest BCUT2D eigenvalue weighted by Crippen LogP contribution is 2.32. The van der Waals surface area contributed by atoms with Crippen LogP contribution in [0.15, 0.2) is 30.3 Å². The summed E-state index contributed by atoms with van der Waals surface area (Å²) in [6.45, 7) is 0.168. The van der Waals surface area contributed by atoms with E-state index in [1.54, 1.807) is 28.4 Å². The van der Waals surface area contributed by atoms with E-state index in [2.05, 4.69) is 0 Å². The van der Waals surface area contributed by atoms with E-state index in [4.69, 9.17) is 18.9 Å². The van der Waals surface area contributed by atoms with Gasteiger partial charge in [-0.15, -0.1) is 0 Å². The van der Waals surface area contributed by atoms with E-state index in [-0.39, 0.29) is 6.61 Å². The van der Waals surface area contributed by atoms with Gasteiger partial charge in [-0.2, -0.15) is 0 Å². The van der Waals surface area contributed by atoms with Gasteiger partial charge in [0.25, 0.3) is 0 Å². The third kappa shape index (κ3) is 5.05. The lowest BCUT2D eigenvalue weighted by atomic mass is 9.96. The number of aliphatic hydroxyl groups excluding tert-OH is 1. The Hall–Kier alpha value is -2.40. The average Bonchev–Trinajstić information content (AvgIpc) is 2.69. The molecule has 2 aromatic carbocycles. The monoisotopic (exact) mass is 360 g/mol. The molecule has 0 aromatic heterocycles. The van der Waals surface area contributed by atoms with Gasteiger partial charge in [-0.05, 0) is 66.6 Å². The highest BCUT2D eigenvalue weighted by Gasteiger charge is 2.12. The predicted molar refractivity (Wildman–Crippen MR) is 102 cm³/mol. The second kappa shape index (κ2) is 9.92. The molecule has 0 aliphatic heterocycles. The van der Waals surface area contributed by atoms with Crippen LogP contribution in [0, 0.1) is 0 Å². The molecule has 2 rings (SSSR count). The second-order valence-electron chi connectivity index (χ2n) is 6.02. The fourth-order valence-corrected chi connectivity index (χ4v) is 2.99. The number of aliphatic hydroxyl groups is 1. The summed E-state index contributed by atoms with van der Waals surface area (Å²) in [4.78, 5) is 0. The predicted octanol–water partition coefficient (Wildman–Crippen LogP) is 3.43. The van der Waals surface area contributed by atoms with Crippen LogP contribution in [-0.4, -0.2) is 40.2 Å². The third-order valence-corrected chi connectivity index (χ3v) is 4.40. The van der Waals surface area contributed by atoms with Crippen molar-refractivity contribution in [2.45, 2.75) is 25.7 Å².